The van der Waals surface area contributed by atoms with Crippen molar-refractivity contribution in [3.63, 3.8) is 0 Å². The van der Waals surface area contributed by atoms with E-state index in [2.05, 4.69) is 10.3 Å². The lowest BCUT2D eigenvalue weighted by atomic mass is 9.93. The molecule has 10 heteroatoms. The number of fused-ring (bicyclic) bond motifs is 2. The maximum Gasteiger partial charge on any atom is 0.406 e. The van der Waals surface area contributed by atoms with Gasteiger partial charge in [0.15, 0.2) is 0 Å². The van der Waals surface area contributed by atoms with Crippen LogP contribution in [0.1, 0.15) is 15.9 Å². The molecule has 1 aliphatic heterocycles. The molecule has 1 amide bonds. The fourth-order valence-corrected chi connectivity index (χ4v) is 3.99. The van der Waals surface area contributed by atoms with Gasteiger partial charge in [-0.25, -0.2) is 4.98 Å². The van der Waals surface area contributed by atoms with E-state index in [4.69, 9.17) is 4.74 Å². The highest BCUT2D eigenvalue weighted by atomic mass is 19.4. The van der Waals surface area contributed by atoms with Gasteiger partial charge in [-0.2, -0.15) is 13.2 Å². The molecule has 0 bridgehead atoms. The predicted octanol–water partition coefficient (Wildman–Crippen LogP) is 3.54. The Balaban J connectivity index is 1.65. The molecule has 1 N–H and O–H groups in total. The van der Waals surface area contributed by atoms with Gasteiger partial charge in [-0.1, -0.05) is 0 Å². The summed E-state index contributed by atoms with van der Waals surface area (Å²) in [5, 5.41) is 2.98. The molecule has 33 heavy (non-hydrogen) atoms. The van der Waals surface area contributed by atoms with Crippen LogP contribution >= 0.6 is 0 Å². The number of benzene rings is 1. The molecule has 0 saturated carbocycles. The number of pyridine rings is 1. The van der Waals surface area contributed by atoms with Gasteiger partial charge in [-0.05, 0) is 44.3 Å². The molecule has 0 saturated heterocycles. The zero-order chi connectivity index (χ0) is 23.8. The van der Waals surface area contributed by atoms with E-state index in [0.717, 1.165) is 34.0 Å². The first kappa shape index (κ1) is 22.9. The highest BCUT2D eigenvalue weighted by molar-refractivity contribution is 6.03. The lowest BCUT2D eigenvalue weighted by Crippen LogP contribution is -2.43. The average Bonchev–Trinajstić information content (AvgIpc) is 3.17. The van der Waals surface area contributed by atoms with E-state index in [1.165, 1.54) is 0 Å². The Kier molecular flexibility index (Phi) is 6.20. The Hall–Kier alpha value is -3.27. The van der Waals surface area contributed by atoms with Crippen molar-refractivity contribution < 1.29 is 22.7 Å². The number of likely N-dealkylation sites (N-methyl/N-ethyl adjacent to an activating group) is 1. The van der Waals surface area contributed by atoms with Crippen molar-refractivity contribution in [2.75, 3.05) is 52.7 Å². The van der Waals surface area contributed by atoms with Crippen molar-refractivity contribution in [1.82, 2.24) is 19.2 Å². The maximum absolute atomic E-state index is 12.9. The van der Waals surface area contributed by atoms with Crippen LogP contribution in [0.15, 0.2) is 36.7 Å². The van der Waals surface area contributed by atoms with Gasteiger partial charge in [0.25, 0.3) is 5.91 Å². The third kappa shape index (κ3) is 4.90. The van der Waals surface area contributed by atoms with Crippen LogP contribution in [0.4, 0.5) is 18.9 Å². The molecule has 3 heterocycles. The summed E-state index contributed by atoms with van der Waals surface area (Å²) in [6.45, 7) is 0.138. The van der Waals surface area contributed by atoms with Gasteiger partial charge in [0.1, 0.15) is 24.5 Å². The number of aromatic nitrogens is 2. The van der Waals surface area contributed by atoms with Gasteiger partial charge in [-0.15, -0.1) is 0 Å². The second-order valence-electron chi connectivity index (χ2n) is 8.29. The fraction of sp³-hybridized carbons (Fsp3) is 0.391. The van der Waals surface area contributed by atoms with Crippen LogP contribution in [0.5, 0.6) is 5.75 Å². The standard InChI is InChI=1S/C23H26F3N5O2/c1-27-18-11-16(10-15-4-6-30(14-23(24,25)26)22(32)21(15)18)19-13-28-20-12-17(5-7-31(19)20)33-9-8-29(2)3/h5,7,10-13,27H,4,6,8-9,14H2,1-3H3. The first-order chi connectivity index (χ1) is 15.7. The lowest BCUT2D eigenvalue weighted by Gasteiger charge is -2.31. The monoisotopic (exact) mass is 461 g/mol. The summed E-state index contributed by atoms with van der Waals surface area (Å²) in [5.74, 6) is 0.111. The number of halogens is 3. The van der Waals surface area contributed by atoms with Gasteiger partial charge < -0.3 is 19.9 Å². The number of alkyl halides is 3. The molecule has 0 radical (unpaired) electrons. The van der Waals surface area contributed by atoms with Crippen LogP contribution in [0, 0.1) is 0 Å². The van der Waals surface area contributed by atoms with Gasteiger partial charge >= 0.3 is 6.18 Å². The molecule has 2 aromatic heterocycles. The summed E-state index contributed by atoms with van der Waals surface area (Å²) < 4.78 is 46.3. The molecular formula is C23H26F3N5O2. The summed E-state index contributed by atoms with van der Waals surface area (Å²) >= 11 is 0. The second-order valence-corrected chi connectivity index (χ2v) is 8.29. The number of imidazole rings is 1. The number of hydrogen-bond donors (Lipinski definition) is 1. The average molecular weight is 461 g/mol. The fourth-order valence-electron chi connectivity index (χ4n) is 3.99. The van der Waals surface area contributed by atoms with Crippen LogP contribution in [-0.4, -0.2) is 78.7 Å². The summed E-state index contributed by atoms with van der Waals surface area (Å²) in [6.07, 6.45) is -0.475. The van der Waals surface area contributed by atoms with Crippen molar-refractivity contribution in [1.29, 1.82) is 0 Å². The van der Waals surface area contributed by atoms with E-state index in [1.54, 1.807) is 19.3 Å². The lowest BCUT2D eigenvalue weighted by molar-refractivity contribution is -0.141. The largest absolute Gasteiger partial charge is 0.492 e. The van der Waals surface area contributed by atoms with E-state index >= 15 is 0 Å². The van der Waals surface area contributed by atoms with Crippen LogP contribution in [0.3, 0.4) is 0 Å². The Morgan fingerprint density at radius 3 is 2.73 bits per heavy atom. The van der Waals surface area contributed by atoms with Crippen LogP contribution in [0.2, 0.25) is 0 Å². The molecule has 1 aromatic carbocycles. The molecule has 4 rings (SSSR count). The quantitative estimate of drug-likeness (QED) is 0.583. The Morgan fingerprint density at radius 1 is 1.24 bits per heavy atom. The number of hydrogen-bond acceptors (Lipinski definition) is 5. The van der Waals surface area contributed by atoms with Gasteiger partial charge in [0.05, 0.1) is 17.5 Å². The van der Waals surface area contributed by atoms with Crippen LogP contribution in [0.25, 0.3) is 16.9 Å². The first-order valence-corrected chi connectivity index (χ1v) is 10.6. The first-order valence-electron chi connectivity index (χ1n) is 10.6. The van der Waals surface area contributed by atoms with Crippen LogP contribution < -0.4 is 10.1 Å². The molecular weight excluding hydrogens is 435 g/mol. The minimum Gasteiger partial charge on any atom is -0.492 e. The minimum absolute atomic E-state index is 0.0265. The van der Waals surface area contributed by atoms with Crippen molar-refractivity contribution in [3.05, 3.63) is 47.8 Å². The van der Waals surface area contributed by atoms with Crippen molar-refractivity contribution >= 4 is 17.2 Å². The summed E-state index contributed by atoms with van der Waals surface area (Å²) in [7, 11) is 5.61. The van der Waals surface area contributed by atoms with Gasteiger partial charge in [0, 0.05) is 43.7 Å². The molecule has 0 spiro atoms. The molecule has 176 valence electrons. The van der Waals surface area contributed by atoms with E-state index in [9.17, 15) is 18.0 Å². The number of rotatable bonds is 7. The van der Waals surface area contributed by atoms with Crippen LogP contribution in [-0.2, 0) is 6.42 Å². The molecule has 0 fully saturated rings. The highest BCUT2D eigenvalue weighted by Crippen LogP contribution is 2.34. The number of carbonyl (C=O) groups is 1. The van der Waals surface area contributed by atoms with E-state index < -0.39 is 18.6 Å². The zero-order valence-corrected chi connectivity index (χ0v) is 18.7. The van der Waals surface area contributed by atoms with E-state index in [1.807, 2.05) is 47.8 Å². The smallest absolute Gasteiger partial charge is 0.406 e. The van der Waals surface area contributed by atoms with Crippen molar-refractivity contribution in [3.8, 4) is 17.0 Å². The predicted molar refractivity (Wildman–Crippen MR) is 120 cm³/mol. The number of nitrogens with one attached hydrogen (secondary N) is 1. The van der Waals surface area contributed by atoms with E-state index in [-0.39, 0.29) is 6.54 Å². The normalized spacial score (nSPS) is 14.2. The minimum atomic E-state index is -4.43. The number of carbonyl (C=O) groups excluding carboxylic acids is 1. The summed E-state index contributed by atoms with van der Waals surface area (Å²) in [5.41, 5.74) is 3.86. The molecule has 3 aromatic rings. The second kappa shape index (κ2) is 8.93. The van der Waals surface area contributed by atoms with Gasteiger partial charge in [0.2, 0.25) is 0 Å². The SMILES string of the molecule is CNc1cc(-c2cnc3cc(OCCN(C)C)ccn23)cc2c1C(=O)N(CC(F)(F)F)CC2. The Bertz CT molecular complexity index is 1160. The zero-order valence-electron chi connectivity index (χ0n) is 18.7. The van der Waals surface area contributed by atoms with Crippen molar-refractivity contribution in [2.24, 2.45) is 0 Å². The topological polar surface area (TPSA) is 62.1 Å². The number of anilines is 1. The van der Waals surface area contributed by atoms with Gasteiger partial charge in [-0.3, -0.25) is 9.20 Å². The molecule has 0 aliphatic carbocycles. The highest BCUT2D eigenvalue weighted by Gasteiger charge is 2.36. The molecule has 0 atom stereocenters. The number of nitrogens with zero attached hydrogens (tertiary/aromatic N) is 4. The number of ether oxygens (including phenoxy) is 1. The maximum atomic E-state index is 12.9. The summed E-state index contributed by atoms with van der Waals surface area (Å²) in [6, 6.07) is 7.36. The molecule has 0 unspecified atom stereocenters. The van der Waals surface area contributed by atoms with E-state index in [0.29, 0.717) is 29.9 Å². The number of amides is 1. The Morgan fingerprint density at radius 2 is 2.03 bits per heavy atom. The summed E-state index contributed by atoms with van der Waals surface area (Å²) in [4.78, 5) is 20.2. The molecule has 7 nitrogen and oxygen atoms in total. The third-order valence-corrected chi connectivity index (χ3v) is 5.60. The van der Waals surface area contributed by atoms with Crippen molar-refractivity contribution in [2.45, 2.75) is 12.6 Å². The Labute approximate surface area is 189 Å². The molecule has 1 aliphatic rings. The third-order valence-electron chi connectivity index (χ3n) is 5.60.